The number of alkyl carbamates (subject to hydrolysis) is 1. The van der Waals surface area contributed by atoms with E-state index in [0.29, 0.717) is 11.1 Å². The molecular formula is C23H16F2N2O2. The molecule has 1 aliphatic heterocycles. The van der Waals surface area contributed by atoms with Gasteiger partial charge in [-0.15, -0.1) is 0 Å². The van der Waals surface area contributed by atoms with E-state index in [-0.39, 0.29) is 5.56 Å². The number of benzene rings is 2. The Hall–Kier alpha value is -3.72. The van der Waals surface area contributed by atoms with Gasteiger partial charge in [-0.2, -0.15) is 0 Å². The number of nitrogens with zero attached hydrogens (tertiary/aromatic N) is 1. The molecule has 1 fully saturated rings. The van der Waals surface area contributed by atoms with Crippen LogP contribution < -0.4 is 5.32 Å². The number of ether oxygens (including phenoxy) is 1. The molecule has 0 saturated carbocycles. The van der Waals surface area contributed by atoms with Crippen molar-refractivity contribution in [2.45, 2.75) is 19.1 Å². The molecule has 1 aliphatic rings. The fourth-order valence-corrected chi connectivity index (χ4v) is 3.20. The van der Waals surface area contributed by atoms with Crippen LogP contribution >= 0.6 is 0 Å². The molecule has 29 heavy (non-hydrogen) atoms. The summed E-state index contributed by atoms with van der Waals surface area (Å²) in [6.45, 7) is 1.97. The molecule has 4 nitrogen and oxygen atoms in total. The number of nitrogens with one attached hydrogen (secondary N) is 1. The largest absolute Gasteiger partial charge is 0.439 e. The zero-order valence-electron chi connectivity index (χ0n) is 15.4. The number of hydrogen-bond acceptors (Lipinski definition) is 3. The van der Waals surface area contributed by atoms with E-state index in [1.807, 2.05) is 31.2 Å². The minimum atomic E-state index is -1.01. The molecule has 1 unspecified atom stereocenters. The molecule has 0 aliphatic carbocycles. The molecule has 0 bridgehead atoms. The highest BCUT2D eigenvalue weighted by molar-refractivity contribution is 5.71. The van der Waals surface area contributed by atoms with Gasteiger partial charge in [0.25, 0.3) is 0 Å². The quantitative estimate of drug-likeness (QED) is 0.651. The first-order valence-corrected chi connectivity index (χ1v) is 8.96. The molecular weight excluding hydrogens is 374 g/mol. The van der Waals surface area contributed by atoms with Crippen LogP contribution in [0.4, 0.5) is 13.6 Å². The van der Waals surface area contributed by atoms with Crippen molar-refractivity contribution in [3.8, 4) is 11.8 Å². The molecule has 4 rings (SSSR count). The minimum absolute atomic E-state index is 0.0373. The summed E-state index contributed by atoms with van der Waals surface area (Å²) < 4.78 is 33.1. The summed E-state index contributed by atoms with van der Waals surface area (Å²) in [5.74, 6) is 4.89. The second kappa shape index (κ2) is 7.72. The zero-order chi connectivity index (χ0) is 20.4. The predicted molar refractivity (Wildman–Crippen MR) is 103 cm³/mol. The van der Waals surface area contributed by atoms with Crippen LogP contribution in [-0.4, -0.2) is 11.1 Å². The van der Waals surface area contributed by atoms with Crippen LogP contribution in [0.3, 0.4) is 0 Å². The fraction of sp³-hybridized carbons (Fsp3) is 0.130. The summed E-state index contributed by atoms with van der Waals surface area (Å²) in [7, 11) is 0. The molecule has 1 amide bonds. The Kier molecular flexibility index (Phi) is 4.96. The van der Waals surface area contributed by atoms with Gasteiger partial charge in [0.1, 0.15) is 17.7 Å². The van der Waals surface area contributed by atoms with E-state index in [2.05, 4.69) is 22.1 Å². The van der Waals surface area contributed by atoms with Crippen molar-refractivity contribution in [1.82, 2.24) is 10.3 Å². The molecule has 1 saturated heterocycles. The summed E-state index contributed by atoms with van der Waals surface area (Å²) >= 11 is 0. The van der Waals surface area contributed by atoms with Gasteiger partial charge in [0.05, 0.1) is 0 Å². The lowest BCUT2D eigenvalue weighted by atomic mass is 9.96. The molecule has 144 valence electrons. The number of carbonyl (C=O) groups excluding carboxylic acids is 1. The normalized spacial score (nSPS) is 17.8. The summed E-state index contributed by atoms with van der Waals surface area (Å²) in [6.07, 6.45) is 1.42. The van der Waals surface area contributed by atoms with Crippen molar-refractivity contribution >= 4 is 6.09 Å². The lowest BCUT2D eigenvalue weighted by molar-refractivity contribution is 0.130. The van der Waals surface area contributed by atoms with Gasteiger partial charge >= 0.3 is 6.09 Å². The van der Waals surface area contributed by atoms with E-state index in [0.717, 1.165) is 29.3 Å². The molecule has 2 atom stereocenters. The van der Waals surface area contributed by atoms with Gasteiger partial charge < -0.3 is 10.1 Å². The Morgan fingerprint density at radius 3 is 2.72 bits per heavy atom. The highest BCUT2D eigenvalue weighted by atomic mass is 19.1. The van der Waals surface area contributed by atoms with Crippen molar-refractivity contribution in [3.63, 3.8) is 0 Å². The van der Waals surface area contributed by atoms with Crippen molar-refractivity contribution in [3.05, 3.63) is 100 Å². The highest BCUT2D eigenvalue weighted by Crippen LogP contribution is 2.37. The number of aryl methyl sites for hydroxylation is 1. The fourth-order valence-electron chi connectivity index (χ4n) is 3.20. The van der Waals surface area contributed by atoms with Crippen LogP contribution in [0.15, 0.2) is 60.9 Å². The van der Waals surface area contributed by atoms with Crippen LogP contribution in [0, 0.1) is 30.4 Å². The minimum Gasteiger partial charge on any atom is -0.439 e. The van der Waals surface area contributed by atoms with Crippen molar-refractivity contribution in [1.29, 1.82) is 0 Å². The molecule has 2 heterocycles. The van der Waals surface area contributed by atoms with E-state index in [1.54, 1.807) is 18.5 Å². The summed E-state index contributed by atoms with van der Waals surface area (Å²) in [6, 6.07) is 11.8. The molecule has 0 spiro atoms. The molecule has 1 N–H and O–H groups in total. The lowest BCUT2D eigenvalue weighted by Gasteiger charge is -2.18. The number of carbonyl (C=O) groups is 1. The Bertz CT molecular complexity index is 1150. The zero-order valence-corrected chi connectivity index (χ0v) is 15.4. The second-order valence-corrected chi connectivity index (χ2v) is 6.69. The Labute approximate surface area is 166 Å². The highest BCUT2D eigenvalue weighted by Gasteiger charge is 2.38. The number of cyclic esters (lactones) is 1. The third-order valence-electron chi connectivity index (χ3n) is 4.68. The van der Waals surface area contributed by atoms with E-state index >= 15 is 0 Å². The maximum atomic E-state index is 14.2. The monoisotopic (exact) mass is 390 g/mol. The van der Waals surface area contributed by atoms with Gasteiger partial charge in [0.15, 0.2) is 6.10 Å². The number of aromatic nitrogens is 1. The van der Waals surface area contributed by atoms with Crippen molar-refractivity contribution in [2.24, 2.45) is 0 Å². The van der Waals surface area contributed by atoms with Crippen molar-refractivity contribution in [2.75, 3.05) is 0 Å². The Morgan fingerprint density at radius 1 is 1.07 bits per heavy atom. The maximum absolute atomic E-state index is 14.2. The van der Waals surface area contributed by atoms with Crippen LogP contribution in [-0.2, 0) is 4.74 Å². The van der Waals surface area contributed by atoms with Crippen LogP contribution in [0.2, 0.25) is 0 Å². The third-order valence-corrected chi connectivity index (χ3v) is 4.68. The molecule has 1 aromatic heterocycles. The maximum Gasteiger partial charge on any atom is 0.408 e. The summed E-state index contributed by atoms with van der Waals surface area (Å²) in [4.78, 5) is 16.0. The molecule has 0 radical (unpaired) electrons. The first-order chi connectivity index (χ1) is 14.0. The van der Waals surface area contributed by atoms with Crippen LogP contribution in [0.1, 0.15) is 40.0 Å². The number of halogens is 2. The average molecular weight is 390 g/mol. The number of rotatable bonds is 2. The number of hydrogen-bond donors (Lipinski definition) is 1. The summed E-state index contributed by atoms with van der Waals surface area (Å²) in [5.41, 5.74) is 3.13. The first-order valence-electron chi connectivity index (χ1n) is 8.96. The van der Waals surface area contributed by atoms with Crippen LogP contribution in [0.25, 0.3) is 0 Å². The Balaban J connectivity index is 1.67. The van der Waals surface area contributed by atoms with E-state index in [1.165, 1.54) is 0 Å². The van der Waals surface area contributed by atoms with E-state index in [9.17, 15) is 13.6 Å². The first kappa shape index (κ1) is 18.6. The molecule has 6 heteroatoms. The predicted octanol–water partition coefficient (Wildman–Crippen LogP) is 4.59. The smallest absolute Gasteiger partial charge is 0.408 e. The SMILES string of the molecule is Cc1ccccc1C#Cc1cncc([C@H]2NC(=O)OC2c2cc(F)ccc2F)c1. The van der Waals surface area contributed by atoms with Gasteiger partial charge in [-0.1, -0.05) is 30.0 Å². The lowest BCUT2D eigenvalue weighted by Crippen LogP contribution is -2.20. The van der Waals surface area contributed by atoms with Gasteiger partial charge in [-0.05, 0) is 48.4 Å². The molecule has 2 aromatic carbocycles. The van der Waals surface area contributed by atoms with E-state index < -0.39 is 29.9 Å². The van der Waals surface area contributed by atoms with Gasteiger partial charge in [-0.25, -0.2) is 13.6 Å². The topological polar surface area (TPSA) is 51.2 Å². The second-order valence-electron chi connectivity index (χ2n) is 6.69. The van der Waals surface area contributed by atoms with Gasteiger partial charge in [-0.3, -0.25) is 4.98 Å². The number of amides is 1. The standard InChI is InChI=1S/C23H16F2N2O2/c1-14-4-2-3-5-16(14)7-6-15-10-17(13-26-12-15)21-22(29-23(28)27-21)19-11-18(24)8-9-20(19)25/h2-5,8-13,21-22H,1H3,(H,27,28)/t21-,22?/m1/s1. The summed E-state index contributed by atoms with van der Waals surface area (Å²) in [5, 5.41) is 2.64. The number of pyridine rings is 1. The van der Waals surface area contributed by atoms with Crippen LogP contribution in [0.5, 0.6) is 0 Å². The van der Waals surface area contributed by atoms with Gasteiger partial charge in [0.2, 0.25) is 0 Å². The van der Waals surface area contributed by atoms with Crippen molar-refractivity contribution < 1.29 is 18.3 Å². The average Bonchev–Trinajstić information content (AvgIpc) is 3.11. The Morgan fingerprint density at radius 2 is 1.90 bits per heavy atom. The molecule has 3 aromatic rings. The van der Waals surface area contributed by atoms with Gasteiger partial charge in [0, 0.05) is 29.1 Å². The third kappa shape index (κ3) is 3.94. The van der Waals surface area contributed by atoms with E-state index in [4.69, 9.17) is 4.74 Å².